The Hall–Kier alpha value is -3.30. The molecule has 1 atom stereocenters. The summed E-state index contributed by atoms with van der Waals surface area (Å²) in [5.41, 5.74) is 8.53. The molecular formula is C23H21N3O3. The molecule has 29 heavy (non-hydrogen) atoms. The fraction of sp³-hybridized carbons (Fsp3) is 0.304. The number of ether oxygens (including phenoxy) is 3. The van der Waals surface area contributed by atoms with Gasteiger partial charge in [-0.2, -0.15) is 0 Å². The molecule has 6 nitrogen and oxygen atoms in total. The van der Waals surface area contributed by atoms with E-state index in [9.17, 15) is 0 Å². The van der Waals surface area contributed by atoms with Gasteiger partial charge in [0.2, 0.25) is 0 Å². The van der Waals surface area contributed by atoms with Crippen LogP contribution in [-0.4, -0.2) is 38.2 Å². The minimum absolute atomic E-state index is 0.214. The lowest BCUT2D eigenvalue weighted by Crippen LogP contribution is -2.63. The molecule has 0 aromatic heterocycles. The van der Waals surface area contributed by atoms with Crippen LogP contribution in [0.5, 0.6) is 5.75 Å². The Kier molecular flexibility index (Phi) is 4.07. The highest BCUT2D eigenvalue weighted by atomic mass is 16.5. The molecule has 0 amide bonds. The highest BCUT2D eigenvalue weighted by molar-refractivity contribution is 6.11. The topological polar surface area (TPSA) is 78.4 Å². The Morgan fingerprint density at radius 2 is 1.97 bits per heavy atom. The van der Waals surface area contributed by atoms with E-state index >= 15 is 0 Å². The highest BCUT2D eigenvalue weighted by Gasteiger charge is 2.63. The van der Waals surface area contributed by atoms with E-state index in [0.717, 1.165) is 22.6 Å². The average Bonchev–Trinajstić information content (AvgIpc) is 3.05. The van der Waals surface area contributed by atoms with Crippen LogP contribution >= 0.6 is 0 Å². The zero-order valence-electron chi connectivity index (χ0n) is 16.1. The number of rotatable bonds is 1. The van der Waals surface area contributed by atoms with Gasteiger partial charge in [0.1, 0.15) is 30.2 Å². The Morgan fingerprint density at radius 3 is 2.69 bits per heavy atom. The predicted octanol–water partition coefficient (Wildman–Crippen LogP) is 2.57. The molecule has 0 radical (unpaired) electrons. The summed E-state index contributed by atoms with van der Waals surface area (Å²) in [6.07, 6.45) is 9.74. The van der Waals surface area contributed by atoms with Crippen molar-refractivity contribution in [3.8, 4) is 17.6 Å². The van der Waals surface area contributed by atoms with Crippen LogP contribution in [0.1, 0.15) is 18.1 Å². The van der Waals surface area contributed by atoms with Crippen molar-refractivity contribution in [2.45, 2.75) is 12.5 Å². The van der Waals surface area contributed by atoms with E-state index in [0.29, 0.717) is 32.1 Å². The maximum atomic E-state index is 6.10. The van der Waals surface area contributed by atoms with Crippen molar-refractivity contribution in [3.63, 3.8) is 0 Å². The molecule has 2 spiro atoms. The molecule has 4 aliphatic rings. The number of hydrogen-bond donors (Lipinski definition) is 1. The van der Waals surface area contributed by atoms with Crippen molar-refractivity contribution >= 4 is 17.4 Å². The summed E-state index contributed by atoms with van der Waals surface area (Å²) in [7, 11) is 0. The van der Waals surface area contributed by atoms with E-state index in [4.69, 9.17) is 29.9 Å². The van der Waals surface area contributed by atoms with Gasteiger partial charge in [-0.1, -0.05) is 24.1 Å². The minimum Gasteiger partial charge on any atom is -0.492 e. The Bertz CT molecular complexity index is 1080. The van der Waals surface area contributed by atoms with Crippen LogP contribution in [0.15, 0.2) is 58.6 Å². The zero-order valence-corrected chi connectivity index (χ0v) is 16.1. The molecule has 0 aliphatic carbocycles. The molecule has 2 N–H and O–H groups in total. The molecule has 6 heteroatoms. The maximum Gasteiger partial charge on any atom is 0.283 e. The quantitative estimate of drug-likeness (QED) is 0.752. The summed E-state index contributed by atoms with van der Waals surface area (Å²) >= 11 is 0. The van der Waals surface area contributed by atoms with Gasteiger partial charge in [-0.3, -0.25) is 0 Å². The van der Waals surface area contributed by atoms with E-state index in [1.165, 1.54) is 0 Å². The summed E-state index contributed by atoms with van der Waals surface area (Å²) in [6, 6.07) is 6.29. The van der Waals surface area contributed by atoms with Crippen LogP contribution in [0.4, 0.5) is 0 Å². The third-order valence-corrected chi connectivity index (χ3v) is 5.81. The maximum absolute atomic E-state index is 6.10. The number of nitrogens with two attached hydrogens (primary N) is 1. The minimum atomic E-state index is -0.605. The smallest absolute Gasteiger partial charge is 0.283 e. The first-order valence-electron chi connectivity index (χ1n) is 9.56. The third-order valence-electron chi connectivity index (χ3n) is 5.81. The fourth-order valence-corrected chi connectivity index (χ4v) is 4.19. The normalized spacial score (nSPS) is 28.8. The number of amidine groups is 1. The van der Waals surface area contributed by atoms with Crippen molar-refractivity contribution in [2.24, 2.45) is 21.1 Å². The molecular weight excluding hydrogens is 366 g/mol. The number of allylic oxidation sites excluding steroid dienone is 5. The first kappa shape index (κ1) is 17.8. The Labute approximate surface area is 169 Å². The molecule has 0 bridgehead atoms. The van der Waals surface area contributed by atoms with Crippen LogP contribution in [0.25, 0.3) is 5.70 Å². The second-order valence-electron chi connectivity index (χ2n) is 7.54. The van der Waals surface area contributed by atoms with Gasteiger partial charge in [-0.05, 0) is 43.2 Å². The van der Waals surface area contributed by atoms with Gasteiger partial charge in [0.25, 0.3) is 6.02 Å². The number of hydrogen-bond acceptors (Lipinski definition) is 6. The standard InChI is InChI=1S/C23H21N3O3/c1-2-6-17-7-4-3-5-8-19(25-17)16-9-10-20-18(11-16)23(15-29-21(24)26-23)22(14-28-20)12-27-13-22/h3-5,7-11H,12-15H2,1H3,(H2,24,26)/b4-3?,5-3+,7-4?,8-5?,17-7?,19-8-,25-17?,25-19?. The molecule has 0 saturated carbocycles. The van der Waals surface area contributed by atoms with Crippen LogP contribution in [-0.2, 0) is 15.0 Å². The Balaban J connectivity index is 1.64. The van der Waals surface area contributed by atoms with Gasteiger partial charge in [0, 0.05) is 11.1 Å². The van der Waals surface area contributed by atoms with E-state index < -0.39 is 5.54 Å². The molecule has 4 heterocycles. The van der Waals surface area contributed by atoms with E-state index in [1.54, 1.807) is 6.92 Å². The second-order valence-corrected chi connectivity index (χ2v) is 7.54. The van der Waals surface area contributed by atoms with Crippen LogP contribution in [0.2, 0.25) is 0 Å². The first-order valence-corrected chi connectivity index (χ1v) is 9.56. The van der Waals surface area contributed by atoms with Gasteiger partial charge in [-0.15, -0.1) is 0 Å². The van der Waals surface area contributed by atoms with Crippen molar-refractivity contribution < 1.29 is 14.2 Å². The van der Waals surface area contributed by atoms with Gasteiger partial charge >= 0.3 is 0 Å². The van der Waals surface area contributed by atoms with Gasteiger partial charge in [0.15, 0.2) is 0 Å². The molecule has 1 saturated heterocycles. The van der Waals surface area contributed by atoms with Gasteiger partial charge < -0.3 is 19.9 Å². The van der Waals surface area contributed by atoms with Gasteiger partial charge in [-0.25, -0.2) is 9.98 Å². The zero-order chi connectivity index (χ0) is 19.9. The van der Waals surface area contributed by atoms with E-state index in [-0.39, 0.29) is 11.4 Å². The molecule has 1 aromatic carbocycles. The SMILES string of the molecule is CC#CC1=N/C(c2ccc3c(c2)C2(COC(N)=N2)C2(COC2)CO3)=C\C=C\C=C1. The number of nitrogens with zero attached hydrogens (tertiary/aromatic N) is 2. The second kappa shape index (κ2) is 6.64. The van der Waals surface area contributed by atoms with Crippen LogP contribution < -0.4 is 10.5 Å². The van der Waals surface area contributed by atoms with E-state index in [2.05, 4.69) is 17.9 Å². The summed E-state index contributed by atoms with van der Waals surface area (Å²) in [6.45, 7) is 3.86. The van der Waals surface area contributed by atoms with E-state index in [1.807, 2.05) is 42.5 Å². The molecule has 1 unspecified atom stereocenters. The monoisotopic (exact) mass is 387 g/mol. The fourth-order valence-electron chi connectivity index (χ4n) is 4.19. The van der Waals surface area contributed by atoms with Crippen molar-refractivity contribution in [3.05, 3.63) is 59.7 Å². The largest absolute Gasteiger partial charge is 0.492 e. The molecule has 1 fully saturated rings. The van der Waals surface area contributed by atoms with Crippen LogP contribution in [0.3, 0.4) is 0 Å². The highest BCUT2D eigenvalue weighted by Crippen LogP contribution is 2.56. The lowest BCUT2D eigenvalue weighted by molar-refractivity contribution is -0.185. The van der Waals surface area contributed by atoms with Crippen molar-refractivity contribution in [1.82, 2.24) is 0 Å². The van der Waals surface area contributed by atoms with Crippen molar-refractivity contribution in [2.75, 3.05) is 26.4 Å². The molecule has 1 aromatic rings. The summed E-state index contributed by atoms with van der Waals surface area (Å²) in [5, 5.41) is 0. The first-order chi connectivity index (χ1) is 14.2. The lowest BCUT2D eigenvalue weighted by Gasteiger charge is -2.53. The molecule has 4 aliphatic heterocycles. The summed E-state index contributed by atoms with van der Waals surface area (Å²) in [4.78, 5) is 9.52. The lowest BCUT2D eigenvalue weighted by atomic mass is 9.64. The summed E-state index contributed by atoms with van der Waals surface area (Å²) < 4.78 is 17.3. The average molecular weight is 387 g/mol. The third kappa shape index (κ3) is 2.70. The number of aliphatic imine (C=N–C) groups is 2. The number of benzene rings is 1. The number of fused-ring (bicyclic) bond motifs is 3. The summed E-state index contributed by atoms with van der Waals surface area (Å²) in [5.74, 6) is 6.75. The van der Waals surface area contributed by atoms with Crippen molar-refractivity contribution in [1.29, 1.82) is 0 Å². The van der Waals surface area contributed by atoms with Gasteiger partial charge in [0.05, 0.1) is 24.3 Å². The molecule has 5 rings (SSSR count). The predicted molar refractivity (Wildman–Crippen MR) is 112 cm³/mol. The Morgan fingerprint density at radius 1 is 1.07 bits per heavy atom. The van der Waals surface area contributed by atoms with Crippen LogP contribution in [0, 0.1) is 17.3 Å². The molecule has 146 valence electrons.